The zero-order valence-electron chi connectivity index (χ0n) is 9.53. The van der Waals surface area contributed by atoms with Crippen LogP contribution in [0, 0.1) is 6.92 Å². The third-order valence-electron chi connectivity index (χ3n) is 2.47. The first-order valence-corrected chi connectivity index (χ1v) is 5.25. The molecular weight excluding hydrogens is 204 g/mol. The van der Waals surface area contributed by atoms with E-state index in [4.69, 9.17) is 5.11 Å². The van der Waals surface area contributed by atoms with Gasteiger partial charge in [-0.1, -0.05) is 19.1 Å². The van der Waals surface area contributed by atoms with Crippen LogP contribution in [0.3, 0.4) is 0 Å². The van der Waals surface area contributed by atoms with Crippen molar-refractivity contribution >= 4 is 11.5 Å². The van der Waals surface area contributed by atoms with E-state index in [-0.39, 0.29) is 12.2 Å². The lowest BCUT2D eigenvalue weighted by Crippen LogP contribution is -1.92. The van der Waals surface area contributed by atoms with E-state index in [9.17, 15) is 9.90 Å². The molecule has 0 atom stereocenters. The molecule has 3 heteroatoms. The Balaban J connectivity index is 2.99. The van der Waals surface area contributed by atoms with Crippen LogP contribution in [0.5, 0.6) is 5.75 Å². The minimum absolute atomic E-state index is 0.0309. The minimum Gasteiger partial charge on any atom is -0.508 e. The fourth-order valence-corrected chi connectivity index (χ4v) is 1.53. The molecule has 1 rings (SSSR count). The average molecular weight is 220 g/mol. The first kappa shape index (κ1) is 12.3. The van der Waals surface area contributed by atoms with Gasteiger partial charge in [-0.05, 0) is 42.2 Å². The Morgan fingerprint density at radius 1 is 1.44 bits per heavy atom. The number of carboxylic acids is 1. The van der Waals surface area contributed by atoms with Crippen molar-refractivity contribution in [1.82, 2.24) is 0 Å². The monoisotopic (exact) mass is 220 g/mol. The molecule has 0 spiro atoms. The Hall–Kier alpha value is -1.77. The second-order valence-electron chi connectivity index (χ2n) is 3.68. The molecule has 16 heavy (non-hydrogen) atoms. The van der Waals surface area contributed by atoms with Gasteiger partial charge in [-0.3, -0.25) is 4.79 Å². The molecule has 0 radical (unpaired) electrons. The molecule has 0 saturated carbocycles. The van der Waals surface area contributed by atoms with E-state index in [1.54, 1.807) is 18.2 Å². The fourth-order valence-electron chi connectivity index (χ4n) is 1.53. The number of rotatable bonds is 4. The SMILES string of the molecule is CC/C(=C\CC(=O)O)c1ccc(O)c(C)c1. The quantitative estimate of drug-likeness (QED) is 0.820. The number of aliphatic carboxylic acids is 1. The number of aromatic hydroxyl groups is 1. The van der Waals surface area contributed by atoms with Crippen molar-refractivity contribution < 1.29 is 15.0 Å². The highest BCUT2D eigenvalue weighted by atomic mass is 16.4. The summed E-state index contributed by atoms with van der Waals surface area (Å²) in [5.41, 5.74) is 2.76. The molecule has 0 aliphatic rings. The first-order valence-electron chi connectivity index (χ1n) is 5.25. The highest BCUT2D eigenvalue weighted by molar-refractivity contribution is 5.74. The van der Waals surface area contributed by atoms with Crippen LogP contribution >= 0.6 is 0 Å². The maximum Gasteiger partial charge on any atom is 0.307 e. The average Bonchev–Trinajstić information content (AvgIpc) is 2.23. The molecule has 0 aliphatic carbocycles. The van der Waals surface area contributed by atoms with Crippen LogP contribution in [0.1, 0.15) is 30.9 Å². The Bertz CT molecular complexity index is 419. The lowest BCUT2D eigenvalue weighted by molar-refractivity contribution is -0.135. The third kappa shape index (κ3) is 3.12. The number of carbonyl (C=O) groups is 1. The third-order valence-corrected chi connectivity index (χ3v) is 2.47. The Labute approximate surface area is 95.0 Å². The summed E-state index contributed by atoms with van der Waals surface area (Å²) in [6.45, 7) is 3.80. The van der Waals surface area contributed by atoms with Gasteiger partial charge in [0.05, 0.1) is 6.42 Å². The van der Waals surface area contributed by atoms with Gasteiger partial charge in [-0.25, -0.2) is 0 Å². The van der Waals surface area contributed by atoms with Crippen LogP contribution in [-0.2, 0) is 4.79 Å². The fraction of sp³-hybridized carbons (Fsp3) is 0.308. The molecule has 0 aliphatic heterocycles. The smallest absolute Gasteiger partial charge is 0.307 e. The number of benzene rings is 1. The summed E-state index contributed by atoms with van der Waals surface area (Å²) in [6.07, 6.45) is 2.52. The van der Waals surface area contributed by atoms with Crippen LogP contribution in [0.2, 0.25) is 0 Å². The van der Waals surface area contributed by atoms with Gasteiger partial charge in [0.15, 0.2) is 0 Å². The maximum atomic E-state index is 10.5. The van der Waals surface area contributed by atoms with Crippen LogP contribution in [0.25, 0.3) is 5.57 Å². The molecule has 0 bridgehead atoms. The zero-order valence-corrected chi connectivity index (χ0v) is 9.53. The molecule has 3 nitrogen and oxygen atoms in total. The molecule has 0 fully saturated rings. The van der Waals surface area contributed by atoms with Gasteiger partial charge in [0.1, 0.15) is 5.75 Å². The summed E-state index contributed by atoms with van der Waals surface area (Å²) in [7, 11) is 0. The lowest BCUT2D eigenvalue weighted by Gasteiger charge is -2.07. The highest BCUT2D eigenvalue weighted by Crippen LogP contribution is 2.24. The molecule has 0 unspecified atom stereocenters. The summed E-state index contributed by atoms with van der Waals surface area (Å²) < 4.78 is 0. The normalized spacial score (nSPS) is 11.5. The van der Waals surface area contributed by atoms with E-state index >= 15 is 0 Å². The molecule has 86 valence electrons. The van der Waals surface area contributed by atoms with Crippen molar-refractivity contribution in [3.63, 3.8) is 0 Å². The van der Waals surface area contributed by atoms with E-state index in [0.29, 0.717) is 0 Å². The lowest BCUT2D eigenvalue weighted by atomic mass is 10.00. The highest BCUT2D eigenvalue weighted by Gasteiger charge is 2.03. The van der Waals surface area contributed by atoms with E-state index in [1.165, 1.54) is 0 Å². The molecule has 1 aromatic carbocycles. The largest absolute Gasteiger partial charge is 0.508 e. The van der Waals surface area contributed by atoms with E-state index in [1.807, 2.05) is 19.9 Å². The summed E-state index contributed by atoms with van der Waals surface area (Å²) in [6, 6.07) is 5.31. The summed E-state index contributed by atoms with van der Waals surface area (Å²) in [5.74, 6) is -0.570. The number of aryl methyl sites for hydroxylation is 1. The number of carboxylic acid groups (broad SMARTS) is 1. The molecule has 0 heterocycles. The summed E-state index contributed by atoms with van der Waals surface area (Å²) >= 11 is 0. The van der Waals surface area contributed by atoms with Gasteiger partial charge in [0.25, 0.3) is 0 Å². The number of allylic oxidation sites excluding steroid dienone is 1. The predicted molar refractivity (Wildman–Crippen MR) is 63.4 cm³/mol. The second kappa shape index (κ2) is 5.35. The molecule has 0 saturated heterocycles. The van der Waals surface area contributed by atoms with E-state index in [2.05, 4.69) is 0 Å². The van der Waals surface area contributed by atoms with Gasteiger partial charge in [-0.15, -0.1) is 0 Å². The Morgan fingerprint density at radius 3 is 2.62 bits per heavy atom. The van der Waals surface area contributed by atoms with Crippen LogP contribution in [0.4, 0.5) is 0 Å². The number of hydrogen-bond donors (Lipinski definition) is 2. The van der Waals surface area contributed by atoms with Gasteiger partial charge >= 0.3 is 5.97 Å². The Morgan fingerprint density at radius 2 is 2.12 bits per heavy atom. The van der Waals surface area contributed by atoms with Crippen molar-refractivity contribution in [1.29, 1.82) is 0 Å². The van der Waals surface area contributed by atoms with Gasteiger partial charge in [0, 0.05) is 0 Å². The van der Waals surface area contributed by atoms with Crippen LogP contribution < -0.4 is 0 Å². The van der Waals surface area contributed by atoms with Crippen molar-refractivity contribution in [3.8, 4) is 5.75 Å². The minimum atomic E-state index is -0.832. The molecule has 0 amide bonds. The van der Waals surface area contributed by atoms with Gasteiger partial charge in [-0.2, -0.15) is 0 Å². The molecule has 2 N–H and O–H groups in total. The van der Waals surface area contributed by atoms with Crippen molar-refractivity contribution in [2.45, 2.75) is 26.7 Å². The van der Waals surface area contributed by atoms with Crippen molar-refractivity contribution in [3.05, 3.63) is 35.4 Å². The van der Waals surface area contributed by atoms with Gasteiger partial charge in [0.2, 0.25) is 0 Å². The van der Waals surface area contributed by atoms with E-state index in [0.717, 1.165) is 23.1 Å². The topological polar surface area (TPSA) is 57.5 Å². The molecule has 0 aromatic heterocycles. The first-order chi connectivity index (χ1) is 7.54. The van der Waals surface area contributed by atoms with Crippen LogP contribution in [0.15, 0.2) is 24.3 Å². The summed E-state index contributed by atoms with van der Waals surface area (Å²) in [4.78, 5) is 10.5. The van der Waals surface area contributed by atoms with Crippen molar-refractivity contribution in [2.24, 2.45) is 0 Å². The Kier molecular flexibility index (Phi) is 4.11. The number of phenolic OH excluding ortho intramolecular Hbond substituents is 1. The van der Waals surface area contributed by atoms with Crippen molar-refractivity contribution in [2.75, 3.05) is 0 Å². The molecule has 1 aromatic rings. The van der Waals surface area contributed by atoms with Crippen LogP contribution in [-0.4, -0.2) is 16.2 Å². The van der Waals surface area contributed by atoms with Gasteiger partial charge < -0.3 is 10.2 Å². The maximum absolute atomic E-state index is 10.5. The zero-order chi connectivity index (χ0) is 12.1. The van der Waals surface area contributed by atoms with E-state index < -0.39 is 5.97 Å². The standard InChI is InChI=1S/C13H16O3/c1-3-10(5-7-13(15)16)11-4-6-12(14)9(2)8-11/h4-6,8,14H,3,7H2,1-2H3,(H,15,16)/b10-5+. The molecular formula is C13H16O3. The second-order valence-corrected chi connectivity index (χ2v) is 3.68. The predicted octanol–water partition coefficient (Wildman–Crippen LogP) is 2.97. The summed E-state index contributed by atoms with van der Waals surface area (Å²) in [5, 5.41) is 18.0. The number of phenols is 1. The number of hydrogen-bond acceptors (Lipinski definition) is 2.